The van der Waals surface area contributed by atoms with Gasteiger partial charge in [0.1, 0.15) is 6.21 Å². The molecular formula is C9H9BrN2O3. The predicted molar refractivity (Wildman–Crippen MR) is 59.0 cm³/mol. The van der Waals surface area contributed by atoms with Gasteiger partial charge in [0.2, 0.25) is 5.75 Å². The molecular weight excluding hydrogens is 264 g/mol. The Kier molecular flexibility index (Phi) is 4.11. The number of methoxy groups -OCH3 is 1. The second-order valence-corrected chi connectivity index (χ2v) is 3.35. The number of nitrogens with two attached hydrogens (primary N) is 1. The molecule has 2 N–H and O–H groups in total. The maximum absolute atomic E-state index is 10.4. The zero-order valence-corrected chi connectivity index (χ0v) is 9.52. The molecule has 0 aromatic heterocycles. The maximum Gasteiger partial charge on any atom is 0.263 e. The molecule has 1 rings (SSSR count). The SMILES string of the molecule is COc1c(Br)cccc1O/N=C/C(N)=O. The van der Waals surface area contributed by atoms with Crippen molar-refractivity contribution in [2.75, 3.05) is 7.11 Å². The fourth-order valence-electron chi connectivity index (χ4n) is 0.894. The van der Waals surface area contributed by atoms with E-state index in [1.165, 1.54) is 7.11 Å². The van der Waals surface area contributed by atoms with Crippen LogP contribution in [0.5, 0.6) is 11.5 Å². The van der Waals surface area contributed by atoms with Gasteiger partial charge >= 0.3 is 0 Å². The van der Waals surface area contributed by atoms with E-state index in [0.717, 1.165) is 10.7 Å². The molecule has 1 aromatic carbocycles. The number of nitrogens with zero attached hydrogens (tertiary/aromatic N) is 1. The molecule has 0 heterocycles. The molecule has 0 radical (unpaired) electrons. The fraction of sp³-hybridized carbons (Fsp3) is 0.111. The van der Waals surface area contributed by atoms with Crippen LogP contribution in [0.15, 0.2) is 27.8 Å². The van der Waals surface area contributed by atoms with Crippen LogP contribution in [0.25, 0.3) is 0 Å². The summed E-state index contributed by atoms with van der Waals surface area (Å²) < 4.78 is 5.80. The van der Waals surface area contributed by atoms with Crippen molar-refractivity contribution in [3.05, 3.63) is 22.7 Å². The maximum atomic E-state index is 10.4. The first-order valence-electron chi connectivity index (χ1n) is 3.97. The van der Waals surface area contributed by atoms with E-state index in [9.17, 15) is 4.79 Å². The second-order valence-electron chi connectivity index (χ2n) is 2.50. The van der Waals surface area contributed by atoms with E-state index < -0.39 is 5.91 Å². The van der Waals surface area contributed by atoms with Crippen LogP contribution in [0.1, 0.15) is 0 Å². The summed E-state index contributed by atoms with van der Waals surface area (Å²) in [5, 5.41) is 3.39. The standard InChI is InChI=1S/C9H9BrN2O3/c1-14-9-6(10)3-2-4-7(9)15-12-5-8(11)13/h2-5H,1H3,(H2,11,13)/b12-5+. The summed E-state index contributed by atoms with van der Waals surface area (Å²) in [6.07, 6.45) is 0.875. The van der Waals surface area contributed by atoms with Crippen LogP contribution in [-0.4, -0.2) is 19.2 Å². The van der Waals surface area contributed by atoms with Gasteiger partial charge in [0.05, 0.1) is 11.6 Å². The minimum atomic E-state index is -0.677. The Morgan fingerprint density at radius 1 is 1.60 bits per heavy atom. The van der Waals surface area contributed by atoms with E-state index in [-0.39, 0.29) is 0 Å². The lowest BCUT2D eigenvalue weighted by atomic mass is 10.3. The largest absolute Gasteiger partial charge is 0.492 e. The van der Waals surface area contributed by atoms with Crippen LogP contribution in [0, 0.1) is 0 Å². The molecule has 15 heavy (non-hydrogen) atoms. The fourth-order valence-corrected chi connectivity index (χ4v) is 1.40. The number of amides is 1. The number of hydrogen-bond acceptors (Lipinski definition) is 4. The Morgan fingerprint density at radius 2 is 2.33 bits per heavy atom. The number of oxime groups is 1. The summed E-state index contributed by atoms with van der Waals surface area (Å²) in [7, 11) is 1.50. The second kappa shape index (κ2) is 5.35. The summed E-state index contributed by atoms with van der Waals surface area (Å²) in [5.74, 6) is 0.215. The van der Waals surface area contributed by atoms with Crippen molar-refractivity contribution in [2.24, 2.45) is 10.9 Å². The Bertz CT molecular complexity index is 393. The molecule has 5 nitrogen and oxygen atoms in total. The first-order valence-corrected chi connectivity index (χ1v) is 4.76. The van der Waals surface area contributed by atoms with Crippen LogP contribution in [0.2, 0.25) is 0 Å². The number of rotatable bonds is 4. The highest BCUT2D eigenvalue weighted by molar-refractivity contribution is 9.10. The van der Waals surface area contributed by atoms with E-state index in [0.29, 0.717) is 11.5 Å². The average Bonchev–Trinajstić information content (AvgIpc) is 2.17. The molecule has 0 fully saturated rings. The van der Waals surface area contributed by atoms with E-state index in [1.54, 1.807) is 18.2 Å². The lowest BCUT2D eigenvalue weighted by molar-refractivity contribution is -0.111. The predicted octanol–water partition coefficient (Wildman–Crippen LogP) is 1.31. The highest BCUT2D eigenvalue weighted by atomic mass is 79.9. The van der Waals surface area contributed by atoms with Crippen LogP contribution >= 0.6 is 15.9 Å². The summed E-state index contributed by atoms with van der Waals surface area (Å²) in [4.78, 5) is 15.3. The lowest BCUT2D eigenvalue weighted by Gasteiger charge is -2.06. The van der Waals surface area contributed by atoms with Gasteiger partial charge < -0.3 is 15.3 Å². The molecule has 0 unspecified atom stereocenters. The minimum Gasteiger partial charge on any atom is -0.492 e. The number of ether oxygens (including phenoxy) is 1. The number of primary amides is 1. The van der Waals surface area contributed by atoms with Gasteiger partial charge in [-0.3, -0.25) is 4.79 Å². The molecule has 0 bridgehead atoms. The van der Waals surface area contributed by atoms with Gasteiger partial charge in [0.15, 0.2) is 5.75 Å². The van der Waals surface area contributed by atoms with Gasteiger partial charge in [-0.25, -0.2) is 0 Å². The first kappa shape index (κ1) is 11.5. The minimum absolute atomic E-state index is 0.393. The summed E-state index contributed by atoms with van der Waals surface area (Å²) in [5.41, 5.74) is 4.85. The molecule has 0 saturated carbocycles. The number of halogens is 1. The number of benzene rings is 1. The normalized spacial score (nSPS) is 10.3. The topological polar surface area (TPSA) is 73.9 Å². The molecule has 0 aliphatic heterocycles. The Balaban J connectivity index is 2.85. The van der Waals surface area contributed by atoms with Crippen molar-refractivity contribution in [3.8, 4) is 11.5 Å². The highest BCUT2D eigenvalue weighted by Gasteiger charge is 2.07. The molecule has 0 saturated heterocycles. The van der Waals surface area contributed by atoms with Gasteiger partial charge in [-0.15, -0.1) is 0 Å². The van der Waals surface area contributed by atoms with Gasteiger partial charge in [-0.1, -0.05) is 11.2 Å². The van der Waals surface area contributed by atoms with Crippen molar-refractivity contribution in [1.29, 1.82) is 0 Å². The Hall–Kier alpha value is -1.56. The van der Waals surface area contributed by atoms with Crippen LogP contribution in [0.4, 0.5) is 0 Å². The number of para-hydroxylation sites is 1. The number of hydrogen-bond donors (Lipinski definition) is 1. The molecule has 0 aliphatic rings. The third-order valence-corrected chi connectivity index (χ3v) is 2.09. The van der Waals surface area contributed by atoms with Gasteiger partial charge in [0, 0.05) is 0 Å². The lowest BCUT2D eigenvalue weighted by Crippen LogP contribution is -2.12. The molecule has 1 amide bonds. The third kappa shape index (κ3) is 3.25. The monoisotopic (exact) mass is 272 g/mol. The van der Waals surface area contributed by atoms with Crippen molar-refractivity contribution < 1.29 is 14.4 Å². The van der Waals surface area contributed by atoms with Crippen molar-refractivity contribution in [3.63, 3.8) is 0 Å². The smallest absolute Gasteiger partial charge is 0.263 e. The van der Waals surface area contributed by atoms with E-state index in [2.05, 4.69) is 21.1 Å². The van der Waals surface area contributed by atoms with Crippen LogP contribution in [0.3, 0.4) is 0 Å². The first-order chi connectivity index (χ1) is 7.15. The number of carbonyl (C=O) groups is 1. The zero-order chi connectivity index (χ0) is 11.3. The van der Waals surface area contributed by atoms with Crippen LogP contribution in [-0.2, 0) is 4.79 Å². The summed E-state index contributed by atoms with van der Waals surface area (Å²) >= 11 is 3.28. The highest BCUT2D eigenvalue weighted by Crippen LogP contribution is 2.34. The number of carbonyl (C=O) groups excluding carboxylic acids is 1. The summed E-state index contributed by atoms with van der Waals surface area (Å²) in [6.45, 7) is 0. The van der Waals surface area contributed by atoms with E-state index in [4.69, 9.17) is 15.3 Å². The van der Waals surface area contributed by atoms with Gasteiger partial charge in [-0.2, -0.15) is 0 Å². The van der Waals surface area contributed by atoms with Crippen LogP contribution < -0.4 is 15.3 Å². The quantitative estimate of drug-likeness (QED) is 0.663. The van der Waals surface area contributed by atoms with Gasteiger partial charge in [-0.05, 0) is 28.1 Å². The molecule has 80 valence electrons. The molecule has 0 aliphatic carbocycles. The third-order valence-electron chi connectivity index (χ3n) is 1.47. The van der Waals surface area contributed by atoms with Crippen molar-refractivity contribution >= 4 is 28.1 Å². The van der Waals surface area contributed by atoms with Gasteiger partial charge in [0.25, 0.3) is 5.91 Å². The van der Waals surface area contributed by atoms with E-state index >= 15 is 0 Å². The molecule has 6 heteroatoms. The Labute approximate surface area is 95.0 Å². The average molecular weight is 273 g/mol. The summed E-state index contributed by atoms with van der Waals surface area (Å²) in [6, 6.07) is 5.20. The molecule has 0 spiro atoms. The molecule has 0 atom stereocenters. The zero-order valence-electron chi connectivity index (χ0n) is 7.94. The van der Waals surface area contributed by atoms with Crippen molar-refractivity contribution in [1.82, 2.24) is 0 Å². The Morgan fingerprint density at radius 3 is 2.93 bits per heavy atom. The van der Waals surface area contributed by atoms with Crippen molar-refractivity contribution in [2.45, 2.75) is 0 Å². The van der Waals surface area contributed by atoms with E-state index in [1.807, 2.05) is 0 Å². The molecule has 1 aromatic rings.